The Labute approximate surface area is 75.9 Å². The number of halogens is 1. The summed E-state index contributed by atoms with van der Waals surface area (Å²) < 4.78 is 0. The summed E-state index contributed by atoms with van der Waals surface area (Å²) in [7, 11) is 0. The molecule has 0 aromatic rings. The highest BCUT2D eigenvalue weighted by Gasteiger charge is 2.33. The summed E-state index contributed by atoms with van der Waals surface area (Å²) in [5.74, 6) is -0.331. The number of carbonyl (C=O) groups excluding carboxylic acids is 1. The topological polar surface area (TPSA) is 70.1 Å². The fourth-order valence-electron chi connectivity index (χ4n) is 1.23. The number of hydrogen-bond acceptors (Lipinski definition) is 3. The van der Waals surface area contributed by atoms with E-state index in [1.165, 1.54) is 0 Å². The van der Waals surface area contributed by atoms with Gasteiger partial charge in [-0.2, -0.15) is 5.26 Å². The molecule has 1 amide bonds. The molecule has 12 heavy (non-hydrogen) atoms. The van der Waals surface area contributed by atoms with Gasteiger partial charge in [0.1, 0.15) is 5.38 Å². The highest BCUT2D eigenvalue weighted by molar-refractivity contribution is 6.22. The summed E-state index contributed by atoms with van der Waals surface area (Å²) in [6, 6.07) is 1.69. The van der Waals surface area contributed by atoms with Crippen molar-refractivity contribution in [2.75, 3.05) is 13.1 Å². The molecule has 1 saturated heterocycles. The molecule has 2 N–H and O–H groups in total. The summed E-state index contributed by atoms with van der Waals surface area (Å²) in [4.78, 5) is 12.5. The van der Waals surface area contributed by atoms with E-state index in [1.54, 1.807) is 0 Å². The van der Waals surface area contributed by atoms with E-state index >= 15 is 0 Å². The van der Waals surface area contributed by atoms with Gasteiger partial charge < -0.3 is 5.73 Å². The van der Waals surface area contributed by atoms with Crippen molar-refractivity contribution in [2.24, 2.45) is 5.73 Å². The van der Waals surface area contributed by atoms with Gasteiger partial charge in [-0.05, 0) is 6.42 Å². The van der Waals surface area contributed by atoms with Crippen LogP contribution in [0, 0.1) is 11.3 Å². The first-order valence-electron chi connectivity index (χ1n) is 3.72. The number of hydrogen-bond donors (Lipinski definition) is 1. The number of carbonyl (C=O) groups is 1. The molecule has 4 nitrogen and oxygen atoms in total. The molecule has 1 rings (SSSR count). The van der Waals surface area contributed by atoms with Gasteiger partial charge in [-0.3, -0.25) is 9.69 Å². The monoisotopic (exact) mass is 187 g/mol. The van der Waals surface area contributed by atoms with Gasteiger partial charge in [-0.25, -0.2) is 0 Å². The zero-order valence-electron chi connectivity index (χ0n) is 6.53. The maximum atomic E-state index is 10.7. The van der Waals surface area contributed by atoms with Crippen LogP contribution < -0.4 is 5.73 Å². The highest BCUT2D eigenvalue weighted by Crippen LogP contribution is 2.17. The van der Waals surface area contributed by atoms with Crippen molar-refractivity contribution >= 4 is 17.5 Å². The molecule has 0 spiro atoms. The van der Waals surface area contributed by atoms with E-state index in [0.29, 0.717) is 6.54 Å². The first kappa shape index (κ1) is 9.30. The molecule has 0 aliphatic carbocycles. The molecular weight excluding hydrogens is 178 g/mol. The lowest BCUT2D eigenvalue weighted by Gasteiger charge is -2.38. The van der Waals surface area contributed by atoms with Crippen molar-refractivity contribution < 1.29 is 4.79 Å². The maximum Gasteiger partial charge on any atom is 0.234 e. The van der Waals surface area contributed by atoms with Crippen LogP contribution in [0.4, 0.5) is 0 Å². The third-order valence-corrected chi connectivity index (χ3v) is 2.23. The smallest absolute Gasteiger partial charge is 0.234 e. The van der Waals surface area contributed by atoms with E-state index in [2.05, 4.69) is 0 Å². The van der Waals surface area contributed by atoms with Crippen molar-refractivity contribution in [1.29, 1.82) is 5.26 Å². The normalized spacial score (nSPS) is 25.5. The van der Waals surface area contributed by atoms with Gasteiger partial charge in [0.05, 0.1) is 12.1 Å². The van der Waals surface area contributed by atoms with E-state index in [9.17, 15) is 4.79 Å². The quantitative estimate of drug-likeness (QED) is 0.616. The first-order valence-corrected chi connectivity index (χ1v) is 4.16. The summed E-state index contributed by atoms with van der Waals surface area (Å²) in [6.07, 6.45) is 0.782. The Morgan fingerprint density at radius 3 is 2.92 bits per heavy atom. The minimum atomic E-state index is -0.549. The molecule has 1 heterocycles. The Morgan fingerprint density at radius 2 is 2.58 bits per heavy atom. The van der Waals surface area contributed by atoms with E-state index in [-0.39, 0.29) is 11.9 Å². The lowest BCUT2D eigenvalue weighted by molar-refractivity contribution is -0.127. The molecule has 0 saturated carbocycles. The van der Waals surface area contributed by atoms with Crippen molar-refractivity contribution in [2.45, 2.75) is 17.8 Å². The number of alkyl halides is 1. The van der Waals surface area contributed by atoms with Crippen molar-refractivity contribution in [1.82, 2.24) is 4.90 Å². The van der Waals surface area contributed by atoms with Gasteiger partial charge in [-0.1, -0.05) is 0 Å². The zero-order valence-corrected chi connectivity index (χ0v) is 7.29. The van der Waals surface area contributed by atoms with E-state index in [0.717, 1.165) is 13.0 Å². The van der Waals surface area contributed by atoms with Crippen LogP contribution in [0.2, 0.25) is 0 Å². The van der Waals surface area contributed by atoms with Crippen LogP contribution in [-0.2, 0) is 4.79 Å². The van der Waals surface area contributed by atoms with Crippen LogP contribution >= 0.6 is 11.6 Å². The standard InChI is InChI=1S/C7H10ClN3O/c8-5(3-9)4-11-2-1-6(11)7(10)12/h5-6H,1-2,4H2,(H2,10,12). The fourth-order valence-corrected chi connectivity index (χ4v) is 1.41. The number of nitriles is 1. The van der Waals surface area contributed by atoms with Gasteiger partial charge in [-0.15, -0.1) is 11.6 Å². The molecule has 2 atom stereocenters. The van der Waals surface area contributed by atoms with Crippen LogP contribution in [0.25, 0.3) is 0 Å². The SMILES string of the molecule is N#CC(Cl)CN1CCC1C(N)=O. The van der Waals surface area contributed by atoms with Gasteiger partial charge in [0, 0.05) is 13.1 Å². The number of primary amides is 1. The number of amides is 1. The number of likely N-dealkylation sites (tertiary alicyclic amines) is 1. The first-order chi connectivity index (χ1) is 5.65. The summed E-state index contributed by atoms with van der Waals surface area (Å²) in [5, 5.41) is 7.85. The van der Waals surface area contributed by atoms with E-state index in [1.807, 2.05) is 11.0 Å². The van der Waals surface area contributed by atoms with E-state index < -0.39 is 5.38 Å². The minimum absolute atomic E-state index is 0.209. The van der Waals surface area contributed by atoms with Crippen LogP contribution in [0.3, 0.4) is 0 Å². The summed E-state index contributed by atoms with van der Waals surface area (Å²) in [6.45, 7) is 1.23. The summed E-state index contributed by atoms with van der Waals surface area (Å²) in [5.41, 5.74) is 5.10. The third-order valence-electron chi connectivity index (χ3n) is 1.99. The minimum Gasteiger partial charge on any atom is -0.368 e. The maximum absolute atomic E-state index is 10.7. The van der Waals surface area contributed by atoms with E-state index in [4.69, 9.17) is 22.6 Å². The molecule has 1 aliphatic heterocycles. The molecule has 0 aromatic carbocycles. The zero-order chi connectivity index (χ0) is 9.14. The van der Waals surface area contributed by atoms with Crippen molar-refractivity contribution in [3.05, 3.63) is 0 Å². The largest absolute Gasteiger partial charge is 0.368 e. The Kier molecular flexibility index (Phi) is 2.90. The van der Waals surface area contributed by atoms with Gasteiger partial charge in [0.25, 0.3) is 0 Å². The number of nitrogens with zero attached hydrogens (tertiary/aromatic N) is 2. The Hall–Kier alpha value is -0.790. The Bertz CT molecular complexity index is 225. The average molecular weight is 188 g/mol. The molecule has 1 fully saturated rings. The van der Waals surface area contributed by atoms with Crippen LogP contribution in [-0.4, -0.2) is 35.3 Å². The fraction of sp³-hybridized carbons (Fsp3) is 0.714. The molecule has 0 radical (unpaired) electrons. The van der Waals surface area contributed by atoms with Gasteiger partial charge in [0.15, 0.2) is 0 Å². The Balaban J connectivity index is 2.36. The second-order valence-electron chi connectivity index (χ2n) is 2.80. The molecule has 1 aliphatic rings. The predicted octanol–water partition coefficient (Wildman–Crippen LogP) is -0.323. The lowest BCUT2D eigenvalue weighted by atomic mass is 10.0. The van der Waals surface area contributed by atoms with Crippen LogP contribution in [0.15, 0.2) is 0 Å². The second-order valence-corrected chi connectivity index (χ2v) is 3.33. The van der Waals surface area contributed by atoms with Crippen molar-refractivity contribution in [3.63, 3.8) is 0 Å². The molecule has 0 aromatic heterocycles. The molecule has 2 unspecified atom stereocenters. The molecule has 0 bridgehead atoms. The predicted molar refractivity (Wildman–Crippen MR) is 44.4 cm³/mol. The second kappa shape index (κ2) is 3.74. The number of rotatable bonds is 3. The lowest BCUT2D eigenvalue weighted by Crippen LogP contribution is -2.56. The van der Waals surface area contributed by atoms with Crippen LogP contribution in [0.1, 0.15) is 6.42 Å². The molecule has 66 valence electrons. The number of nitrogens with two attached hydrogens (primary N) is 1. The molecular formula is C7H10ClN3O. The van der Waals surface area contributed by atoms with Crippen LogP contribution in [0.5, 0.6) is 0 Å². The van der Waals surface area contributed by atoms with Gasteiger partial charge in [0.2, 0.25) is 5.91 Å². The third kappa shape index (κ3) is 1.87. The van der Waals surface area contributed by atoms with Gasteiger partial charge >= 0.3 is 0 Å². The summed E-state index contributed by atoms with van der Waals surface area (Å²) >= 11 is 5.59. The molecule has 5 heteroatoms. The Morgan fingerprint density at radius 1 is 1.92 bits per heavy atom. The van der Waals surface area contributed by atoms with Crippen molar-refractivity contribution in [3.8, 4) is 6.07 Å². The highest BCUT2D eigenvalue weighted by atomic mass is 35.5. The average Bonchev–Trinajstić information content (AvgIpc) is 1.96.